The van der Waals surface area contributed by atoms with E-state index in [9.17, 15) is 0 Å². The number of rotatable bonds is 0. The predicted octanol–water partition coefficient (Wildman–Crippen LogP) is 3.79. The Morgan fingerprint density at radius 3 is 2.52 bits per heavy atom. The maximum atomic E-state index is 4.48. The molecule has 3 heteroatoms. The highest BCUT2D eigenvalue weighted by molar-refractivity contribution is 5.46. The molecule has 2 aliphatic carbocycles. The standard InChI is InChI=1S/C18H23N3/c1-18(2,3)21-17-11-15-13-8-5-4-7-12(13)14(15)9-6-10-16(17)19-20-21/h4-5,7-8,14-15H,6,9-11H2,1-3H3. The summed E-state index contributed by atoms with van der Waals surface area (Å²) in [5.74, 6) is 1.41. The molecule has 1 heterocycles. The number of aryl methyl sites for hydroxylation is 1. The van der Waals surface area contributed by atoms with E-state index in [1.807, 2.05) is 0 Å². The van der Waals surface area contributed by atoms with Crippen LogP contribution in [0, 0.1) is 0 Å². The summed E-state index contributed by atoms with van der Waals surface area (Å²) in [5, 5.41) is 8.94. The van der Waals surface area contributed by atoms with Crippen molar-refractivity contribution in [1.29, 1.82) is 0 Å². The smallest absolute Gasteiger partial charge is 0.0859 e. The quantitative estimate of drug-likeness (QED) is 0.735. The Morgan fingerprint density at radius 1 is 1.10 bits per heavy atom. The summed E-state index contributed by atoms with van der Waals surface area (Å²) in [4.78, 5) is 0. The van der Waals surface area contributed by atoms with Crippen molar-refractivity contribution in [3.05, 3.63) is 46.8 Å². The molecule has 1 aromatic heterocycles. The van der Waals surface area contributed by atoms with E-state index in [2.05, 4.69) is 60.0 Å². The average Bonchev–Trinajstić information content (AvgIpc) is 2.81. The van der Waals surface area contributed by atoms with Gasteiger partial charge in [0.1, 0.15) is 0 Å². The van der Waals surface area contributed by atoms with Gasteiger partial charge in [-0.1, -0.05) is 29.5 Å². The van der Waals surface area contributed by atoms with E-state index in [4.69, 9.17) is 0 Å². The third-order valence-electron chi connectivity index (χ3n) is 5.10. The molecule has 1 aromatic carbocycles. The van der Waals surface area contributed by atoms with Crippen LogP contribution in [0.1, 0.15) is 68.0 Å². The molecule has 0 bridgehead atoms. The normalized spacial score (nSPS) is 24.1. The first-order valence-electron chi connectivity index (χ1n) is 8.08. The van der Waals surface area contributed by atoms with Crippen LogP contribution in [0.5, 0.6) is 0 Å². The molecule has 0 N–H and O–H groups in total. The third kappa shape index (κ3) is 1.94. The monoisotopic (exact) mass is 281 g/mol. The molecule has 0 saturated carbocycles. The first-order valence-corrected chi connectivity index (χ1v) is 8.08. The molecule has 0 spiro atoms. The fourth-order valence-corrected chi connectivity index (χ4v) is 4.10. The van der Waals surface area contributed by atoms with E-state index in [1.165, 1.54) is 24.2 Å². The molecular formula is C18H23N3. The summed E-state index contributed by atoms with van der Waals surface area (Å²) < 4.78 is 2.16. The molecule has 2 unspecified atom stereocenters. The Kier molecular flexibility index (Phi) is 2.75. The Labute approximate surface area is 126 Å². The van der Waals surface area contributed by atoms with Gasteiger partial charge in [-0.15, -0.1) is 5.10 Å². The van der Waals surface area contributed by atoms with E-state index >= 15 is 0 Å². The number of hydrogen-bond acceptors (Lipinski definition) is 2. The maximum absolute atomic E-state index is 4.48. The lowest BCUT2D eigenvalue weighted by molar-refractivity contribution is 0.323. The Balaban J connectivity index is 1.76. The molecule has 21 heavy (non-hydrogen) atoms. The summed E-state index contributed by atoms with van der Waals surface area (Å²) in [6.45, 7) is 6.65. The van der Waals surface area contributed by atoms with Gasteiger partial charge in [-0.2, -0.15) is 0 Å². The van der Waals surface area contributed by atoms with E-state index < -0.39 is 0 Å². The van der Waals surface area contributed by atoms with Crippen molar-refractivity contribution in [1.82, 2.24) is 15.0 Å². The summed E-state index contributed by atoms with van der Waals surface area (Å²) >= 11 is 0. The number of benzene rings is 1. The van der Waals surface area contributed by atoms with Crippen molar-refractivity contribution in [2.75, 3.05) is 0 Å². The number of hydrogen-bond donors (Lipinski definition) is 0. The van der Waals surface area contributed by atoms with Gasteiger partial charge in [0.15, 0.2) is 0 Å². The molecular weight excluding hydrogens is 258 g/mol. The molecule has 0 amide bonds. The van der Waals surface area contributed by atoms with Gasteiger partial charge in [0.25, 0.3) is 0 Å². The minimum absolute atomic E-state index is 0.0124. The van der Waals surface area contributed by atoms with Crippen LogP contribution in [0.25, 0.3) is 0 Å². The zero-order valence-corrected chi connectivity index (χ0v) is 13.1. The predicted molar refractivity (Wildman–Crippen MR) is 83.6 cm³/mol. The summed E-state index contributed by atoms with van der Waals surface area (Å²) in [7, 11) is 0. The van der Waals surface area contributed by atoms with Gasteiger partial charge in [-0.3, -0.25) is 0 Å². The van der Waals surface area contributed by atoms with E-state index in [0.717, 1.165) is 18.8 Å². The van der Waals surface area contributed by atoms with Crippen LogP contribution < -0.4 is 0 Å². The largest absolute Gasteiger partial charge is 0.244 e. The first kappa shape index (κ1) is 13.1. The molecule has 0 fully saturated rings. The van der Waals surface area contributed by atoms with Crippen molar-refractivity contribution < 1.29 is 0 Å². The summed E-state index contributed by atoms with van der Waals surface area (Å²) in [6, 6.07) is 8.98. The second-order valence-electron chi connectivity index (χ2n) is 7.50. The van der Waals surface area contributed by atoms with Gasteiger partial charge < -0.3 is 0 Å². The van der Waals surface area contributed by atoms with Gasteiger partial charge in [-0.05, 0) is 69.4 Å². The number of aromatic nitrogens is 3. The fraction of sp³-hybridized carbons (Fsp3) is 0.556. The van der Waals surface area contributed by atoms with Crippen LogP contribution in [0.4, 0.5) is 0 Å². The number of nitrogens with zero attached hydrogens (tertiary/aromatic N) is 3. The van der Waals surface area contributed by atoms with Crippen molar-refractivity contribution in [3.63, 3.8) is 0 Å². The minimum atomic E-state index is 0.0124. The zero-order chi connectivity index (χ0) is 14.6. The molecule has 3 nitrogen and oxygen atoms in total. The number of fused-ring (bicyclic) bond motifs is 5. The van der Waals surface area contributed by atoms with Gasteiger partial charge in [0.05, 0.1) is 16.9 Å². The molecule has 2 atom stereocenters. The highest BCUT2D eigenvalue weighted by Gasteiger charge is 2.39. The van der Waals surface area contributed by atoms with Gasteiger partial charge in [0, 0.05) is 0 Å². The molecule has 0 aliphatic heterocycles. The van der Waals surface area contributed by atoms with Crippen molar-refractivity contribution >= 4 is 0 Å². The highest BCUT2D eigenvalue weighted by Crippen LogP contribution is 2.51. The lowest BCUT2D eigenvalue weighted by Crippen LogP contribution is -2.31. The van der Waals surface area contributed by atoms with Crippen molar-refractivity contribution in [2.45, 2.75) is 63.8 Å². The van der Waals surface area contributed by atoms with Crippen LogP contribution in [0.2, 0.25) is 0 Å². The lowest BCUT2D eigenvalue weighted by atomic mass is 9.63. The Hall–Kier alpha value is -1.64. The Morgan fingerprint density at radius 2 is 1.81 bits per heavy atom. The minimum Gasteiger partial charge on any atom is -0.244 e. The van der Waals surface area contributed by atoms with Crippen LogP contribution in [0.15, 0.2) is 24.3 Å². The zero-order valence-electron chi connectivity index (χ0n) is 13.1. The lowest BCUT2D eigenvalue weighted by Gasteiger charge is -2.41. The fourth-order valence-electron chi connectivity index (χ4n) is 4.10. The first-order chi connectivity index (χ1) is 10.1. The molecule has 110 valence electrons. The van der Waals surface area contributed by atoms with Gasteiger partial charge in [0.2, 0.25) is 0 Å². The second kappa shape index (κ2) is 4.43. The second-order valence-corrected chi connectivity index (χ2v) is 7.50. The SMILES string of the molecule is CC(C)(C)n1nnc2c1CC1c3ccccc3C1CCC2. The molecule has 0 saturated heterocycles. The maximum Gasteiger partial charge on any atom is 0.0859 e. The topological polar surface area (TPSA) is 30.7 Å². The molecule has 2 aliphatic rings. The molecule has 0 radical (unpaired) electrons. The van der Waals surface area contributed by atoms with Crippen LogP contribution >= 0.6 is 0 Å². The highest BCUT2D eigenvalue weighted by atomic mass is 15.5. The summed E-state index contributed by atoms with van der Waals surface area (Å²) in [6.07, 6.45) is 4.70. The van der Waals surface area contributed by atoms with Crippen molar-refractivity contribution in [3.8, 4) is 0 Å². The molecule has 4 rings (SSSR count). The van der Waals surface area contributed by atoms with Gasteiger partial charge in [-0.25, -0.2) is 4.68 Å². The van der Waals surface area contributed by atoms with Crippen molar-refractivity contribution in [2.24, 2.45) is 0 Å². The molecule has 2 aromatic rings. The van der Waals surface area contributed by atoms with Gasteiger partial charge >= 0.3 is 0 Å². The average molecular weight is 281 g/mol. The van der Waals surface area contributed by atoms with Crippen LogP contribution in [0.3, 0.4) is 0 Å². The van der Waals surface area contributed by atoms with Crippen LogP contribution in [-0.2, 0) is 18.4 Å². The summed E-state index contributed by atoms with van der Waals surface area (Å²) in [5.41, 5.74) is 5.75. The van der Waals surface area contributed by atoms with E-state index in [-0.39, 0.29) is 5.54 Å². The van der Waals surface area contributed by atoms with E-state index in [0.29, 0.717) is 5.92 Å². The van der Waals surface area contributed by atoms with E-state index in [1.54, 1.807) is 11.1 Å². The van der Waals surface area contributed by atoms with Crippen LogP contribution in [-0.4, -0.2) is 15.0 Å². The third-order valence-corrected chi connectivity index (χ3v) is 5.10. The Bertz CT molecular complexity index is 678.